The first-order chi connectivity index (χ1) is 8.97. The molecule has 2 N–H and O–H groups in total. The van der Waals surface area contributed by atoms with E-state index < -0.39 is 5.97 Å². The summed E-state index contributed by atoms with van der Waals surface area (Å²) in [6.07, 6.45) is 0. The maximum absolute atomic E-state index is 12.0. The topological polar surface area (TPSA) is 79.3 Å². The van der Waals surface area contributed by atoms with Crippen LogP contribution in [0.5, 0.6) is 0 Å². The fourth-order valence-corrected chi connectivity index (χ4v) is 2.44. The number of rotatable bonds is 3. The number of carbonyl (C=O) groups is 2. The Bertz CT molecular complexity index is 632. The lowest BCUT2D eigenvalue weighted by molar-refractivity contribution is 0.0696. The third-order valence-electron chi connectivity index (χ3n) is 2.51. The number of aromatic carboxylic acids is 1. The van der Waals surface area contributed by atoms with Crippen molar-refractivity contribution in [3.63, 3.8) is 0 Å². The zero-order chi connectivity index (χ0) is 14.0. The summed E-state index contributed by atoms with van der Waals surface area (Å²) in [4.78, 5) is 27.7. The van der Waals surface area contributed by atoms with E-state index in [2.05, 4.69) is 10.3 Å². The number of nitrogens with one attached hydrogen (secondary N) is 1. The monoisotopic (exact) mass is 276 g/mol. The third kappa shape index (κ3) is 2.97. The highest BCUT2D eigenvalue weighted by molar-refractivity contribution is 7.11. The number of aromatic nitrogens is 1. The van der Waals surface area contributed by atoms with E-state index in [1.165, 1.54) is 23.5 Å². The summed E-state index contributed by atoms with van der Waals surface area (Å²) in [5, 5.41) is 12.3. The van der Waals surface area contributed by atoms with Crippen LogP contribution >= 0.6 is 11.3 Å². The van der Waals surface area contributed by atoms with E-state index in [-0.39, 0.29) is 11.5 Å². The Hall–Kier alpha value is -2.21. The predicted molar refractivity (Wildman–Crippen MR) is 72.9 cm³/mol. The molecular weight excluding hydrogens is 264 g/mol. The van der Waals surface area contributed by atoms with Crippen molar-refractivity contribution in [1.29, 1.82) is 0 Å². The number of amides is 1. The molecule has 0 saturated heterocycles. The normalized spacial score (nSPS) is 10.2. The summed E-state index contributed by atoms with van der Waals surface area (Å²) in [6.45, 7) is 3.68. The number of hydrogen-bond donors (Lipinski definition) is 2. The zero-order valence-corrected chi connectivity index (χ0v) is 11.2. The number of anilines is 1. The van der Waals surface area contributed by atoms with Crippen molar-refractivity contribution < 1.29 is 14.7 Å². The van der Waals surface area contributed by atoms with Crippen molar-refractivity contribution in [1.82, 2.24) is 4.98 Å². The van der Waals surface area contributed by atoms with E-state index in [9.17, 15) is 9.59 Å². The van der Waals surface area contributed by atoms with Crippen LogP contribution in [0.25, 0.3) is 0 Å². The number of nitrogens with zero attached hydrogens (tertiary/aromatic N) is 1. The number of carbonyl (C=O) groups excluding carboxylic acids is 1. The molecule has 0 bridgehead atoms. The summed E-state index contributed by atoms with van der Waals surface area (Å²) in [5.41, 5.74) is 1.13. The summed E-state index contributed by atoms with van der Waals surface area (Å²) >= 11 is 1.46. The van der Waals surface area contributed by atoms with Crippen molar-refractivity contribution in [2.45, 2.75) is 13.8 Å². The first-order valence-corrected chi connectivity index (χ1v) is 6.38. The first-order valence-electron chi connectivity index (χ1n) is 5.56. The first kappa shape index (κ1) is 13.2. The predicted octanol–water partition coefficient (Wildman–Crippen LogP) is 2.71. The Kier molecular flexibility index (Phi) is 3.62. The van der Waals surface area contributed by atoms with E-state index in [0.717, 1.165) is 9.88 Å². The van der Waals surface area contributed by atoms with E-state index >= 15 is 0 Å². The van der Waals surface area contributed by atoms with Crippen molar-refractivity contribution >= 4 is 28.9 Å². The minimum atomic E-state index is -0.996. The van der Waals surface area contributed by atoms with Gasteiger partial charge in [0, 0.05) is 10.6 Å². The van der Waals surface area contributed by atoms with Gasteiger partial charge in [-0.3, -0.25) is 4.79 Å². The minimum absolute atomic E-state index is 0.179. The smallest absolute Gasteiger partial charge is 0.335 e. The highest BCUT2D eigenvalue weighted by Gasteiger charge is 2.14. The number of aryl methyl sites for hydroxylation is 2. The molecule has 0 saturated carbocycles. The third-order valence-corrected chi connectivity index (χ3v) is 3.39. The molecule has 0 aliphatic carbocycles. The molecule has 1 amide bonds. The van der Waals surface area contributed by atoms with Crippen LogP contribution < -0.4 is 5.32 Å². The molecule has 1 aromatic heterocycles. The van der Waals surface area contributed by atoms with E-state index in [0.29, 0.717) is 11.4 Å². The molecule has 19 heavy (non-hydrogen) atoms. The lowest BCUT2D eigenvalue weighted by atomic mass is 10.2. The van der Waals surface area contributed by atoms with Crippen LogP contribution in [0.2, 0.25) is 0 Å². The van der Waals surface area contributed by atoms with Gasteiger partial charge in [0.2, 0.25) is 0 Å². The molecule has 0 radical (unpaired) electrons. The highest BCUT2D eigenvalue weighted by atomic mass is 32.1. The van der Waals surface area contributed by atoms with Crippen LogP contribution in [0, 0.1) is 13.8 Å². The van der Waals surface area contributed by atoms with Crippen molar-refractivity contribution in [3.8, 4) is 0 Å². The Labute approximate surface area is 113 Å². The number of carboxylic acid groups (broad SMARTS) is 1. The molecular formula is C13H12N2O3S. The van der Waals surface area contributed by atoms with Crippen molar-refractivity contribution in [2.75, 3.05) is 5.32 Å². The van der Waals surface area contributed by atoms with E-state index in [1.807, 2.05) is 13.8 Å². The Balaban J connectivity index is 2.15. The van der Waals surface area contributed by atoms with Gasteiger partial charge in [-0.05, 0) is 38.1 Å². The van der Waals surface area contributed by atoms with Gasteiger partial charge in [-0.2, -0.15) is 0 Å². The SMILES string of the molecule is Cc1nc(C(=O)Nc2ccc(C(=O)O)cc2)c(C)s1. The second-order valence-electron chi connectivity index (χ2n) is 3.97. The molecule has 2 aromatic rings. The Morgan fingerprint density at radius 2 is 1.84 bits per heavy atom. The molecule has 2 rings (SSSR count). The number of benzene rings is 1. The van der Waals surface area contributed by atoms with E-state index in [1.54, 1.807) is 12.1 Å². The van der Waals surface area contributed by atoms with Gasteiger partial charge in [0.05, 0.1) is 10.6 Å². The largest absolute Gasteiger partial charge is 0.478 e. The summed E-state index contributed by atoms with van der Waals surface area (Å²) < 4.78 is 0. The fourth-order valence-electron chi connectivity index (χ4n) is 1.63. The second kappa shape index (κ2) is 5.19. The number of thiazole rings is 1. The van der Waals surface area contributed by atoms with E-state index in [4.69, 9.17) is 5.11 Å². The second-order valence-corrected chi connectivity index (χ2v) is 5.38. The number of hydrogen-bond acceptors (Lipinski definition) is 4. The quantitative estimate of drug-likeness (QED) is 0.903. The van der Waals surface area contributed by atoms with Gasteiger partial charge in [0.1, 0.15) is 5.69 Å². The van der Waals surface area contributed by atoms with Crippen LogP contribution in [0.1, 0.15) is 30.7 Å². The van der Waals surface area contributed by atoms with Gasteiger partial charge in [-0.25, -0.2) is 9.78 Å². The molecule has 5 nitrogen and oxygen atoms in total. The molecule has 1 heterocycles. The zero-order valence-electron chi connectivity index (χ0n) is 10.4. The Morgan fingerprint density at radius 3 is 2.32 bits per heavy atom. The molecule has 1 aromatic carbocycles. The van der Waals surface area contributed by atoms with Gasteiger partial charge < -0.3 is 10.4 Å². The van der Waals surface area contributed by atoms with Gasteiger partial charge >= 0.3 is 5.97 Å². The average molecular weight is 276 g/mol. The Morgan fingerprint density at radius 1 is 1.21 bits per heavy atom. The summed E-state index contributed by atoms with van der Waals surface area (Å²) in [7, 11) is 0. The molecule has 0 unspecified atom stereocenters. The molecule has 0 atom stereocenters. The average Bonchev–Trinajstić information content (AvgIpc) is 2.69. The van der Waals surface area contributed by atoms with Crippen LogP contribution in [0.4, 0.5) is 5.69 Å². The lowest BCUT2D eigenvalue weighted by Crippen LogP contribution is -2.13. The molecule has 0 fully saturated rings. The highest BCUT2D eigenvalue weighted by Crippen LogP contribution is 2.18. The fraction of sp³-hybridized carbons (Fsp3) is 0.154. The van der Waals surface area contributed by atoms with Gasteiger partial charge in [-0.1, -0.05) is 0 Å². The standard InChI is InChI=1S/C13H12N2O3S/c1-7-11(14-8(2)19-7)12(16)15-10-5-3-9(4-6-10)13(17)18/h3-6H,1-2H3,(H,15,16)(H,17,18). The van der Waals surface area contributed by atoms with Gasteiger partial charge in [0.15, 0.2) is 0 Å². The summed E-state index contributed by atoms with van der Waals surface area (Å²) in [5.74, 6) is -1.28. The van der Waals surface area contributed by atoms with Crippen LogP contribution in [-0.4, -0.2) is 22.0 Å². The lowest BCUT2D eigenvalue weighted by Gasteiger charge is -2.04. The maximum Gasteiger partial charge on any atom is 0.335 e. The van der Waals surface area contributed by atoms with Crippen LogP contribution in [-0.2, 0) is 0 Å². The molecule has 0 aliphatic rings. The van der Waals surface area contributed by atoms with Crippen LogP contribution in [0.15, 0.2) is 24.3 Å². The molecule has 6 heteroatoms. The van der Waals surface area contributed by atoms with Crippen molar-refractivity contribution in [3.05, 3.63) is 45.4 Å². The summed E-state index contributed by atoms with van der Waals surface area (Å²) in [6, 6.07) is 5.99. The molecule has 98 valence electrons. The maximum atomic E-state index is 12.0. The number of carboxylic acids is 1. The van der Waals surface area contributed by atoms with Gasteiger partial charge in [0.25, 0.3) is 5.91 Å². The minimum Gasteiger partial charge on any atom is -0.478 e. The molecule has 0 spiro atoms. The van der Waals surface area contributed by atoms with Crippen molar-refractivity contribution in [2.24, 2.45) is 0 Å². The molecule has 0 aliphatic heterocycles. The van der Waals surface area contributed by atoms with Crippen LogP contribution in [0.3, 0.4) is 0 Å². The van der Waals surface area contributed by atoms with Gasteiger partial charge in [-0.15, -0.1) is 11.3 Å².